The van der Waals surface area contributed by atoms with E-state index in [1.807, 2.05) is 12.1 Å². The number of nitrogens with one attached hydrogen (secondary N) is 2. The fraction of sp³-hybridized carbons (Fsp3) is 0.533. The van der Waals surface area contributed by atoms with Gasteiger partial charge in [-0.05, 0) is 42.9 Å². The van der Waals surface area contributed by atoms with Crippen LogP contribution in [0.1, 0.15) is 31.7 Å². The summed E-state index contributed by atoms with van der Waals surface area (Å²) in [6.45, 7) is 3.05. The number of anilines is 1. The molecule has 18 heavy (non-hydrogen) atoms. The third-order valence-electron chi connectivity index (χ3n) is 3.84. The molecule has 1 amide bonds. The summed E-state index contributed by atoms with van der Waals surface area (Å²) in [4.78, 5) is 11.8. The maximum absolute atomic E-state index is 11.8. The van der Waals surface area contributed by atoms with Crippen LogP contribution in [-0.4, -0.2) is 11.9 Å². The number of rotatable bonds is 5. The van der Waals surface area contributed by atoms with Crippen LogP contribution in [0.2, 0.25) is 0 Å². The van der Waals surface area contributed by atoms with E-state index < -0.39 is 0 Å². The van der Waals surface area contributed by atoms with E-state index in [9.17, 15) is 4.79 Å². The Balaban J connectivity index is 1.51. The second-order valence-corrected chi connectivity index (χ2v) is 5.66. The van der Waals surface area contributed by atoms with Crippen LogP contribution in [-0.2, 0) is 11.3 Å². The zero-order chi connectivity index (χ0) is 12.5. The fourth-order valence-electron chi connectivity index (χ4n) is 2.18. The normalized spacial score (nSPS) is 25.8. The molecular formula is C15H20N2O. The van der Waals surface area contributed by atoms with Crippen LogP contribution in [0, 0.1) is 11.8 Å². The molecule has 3 nitrogen and oxygen atoms in total. The van der Waals surface area contributed by atoms with Crippen LogP contribution < -0.4 is 10.6 Å². The van der Waals surface area contributed by atoms with Crippen LogP contribution in [0.3, 0.4) is 0 Å². The molecule has 2 N–H and O–H groups in total. The van der Waals surface area contributed by atoms with Gasteiger partial charge in [-0.15, -0.1) is 0 Å². The fourth-order valence-corrected chi connectivity index (χ4v) is 2.18. The van der Waals surface area contributed by atoms with Gasteiger partial charge in [0, 0.05) is 24.2 Å². The highest BCUT2D eigenvalue weighted by Gasteiger charge is 2.38. The first-order chi connectivity index (χ1) is 8.72. The molecule has 0 aromatic heterocycles. The zero-order valence-electron chi connectivity index (χ0n) is 10.8. The minimum atomic E-state index is 0.173. The Morgan fingerprint density at radius 3 is 2.50 bits per heavy atom. The number of carbonyl (C=O) groups is 1. The summed E-state index contributed by atoms with van der Waals surface area (Å²) in [5.41, 5.74) is 2.19. The largest absolute Gasteiger partial charge is 0.326 e. The summed E-state index contributed by atoms with van der Waals surface area (Å²) < 4.78 is 0. The highest BCUT2D eigenvalue weighted by atomic mass is 16.2. The molecule has 0 spiro atoms. The van der Waals surface area contributed by atoms with Crippen LogP contribution in [0.15, 0.2) is 24.3 Å². The van der Waals surface area contributed by atoms with Crippen molar-refractivity contribution in [3.63, 3.8) is 0 Å². The van der Waals surface area contributed by atoms with Crippen LogP contribution in [0.25, 0.3) is 0 Å². The summed E-state index contributed by atoms with van der Waals surface area (Å²) >= 11 is 0. The average molecular weight is 244 g/mol. The first kappa shape index (κ1) is 11.7. The average Bonchev–Trinajstić information content (AvgIpc) is 3.25. The van der Waals surface area contributed by atoms with E-state index in [1.165, 1.54) is 18.4 Å². The highest BCUT2D eigenvalue weighted by molar-refractivity contribution is 5.94. The lowest BCUT2D eigenvalue weighted by atomic mass is 10.2. The van der Waals surface area contributed by atoms with Gasteiger partial charge in [0.2, 0.25) is 5.91 Å². The monoisotopic (exact) mass is 244 g/mol. The molecule has 96 valence electrons. The first-order valence-corrected chi connectivity index (χ1v) is 6.85. The van der Waals surface area contributed by atoms with Crippen molar-refractivity contribution in [1.29, 1.82) is 0 Å². The molecule has 1 aromatic carbocycles. The molecule has 2 unspecified atom stereocenters. The van der Waals surface area contributed by atoms with Crippen molar-refractivity contribution in [2.45, 2.75) is 38.8 Å². The Bertz CT molecular complexity index is 436. The van der Waals surface area contributed by atoms with Crippen molar-refractivity contribution in [2.75, 3.05) is 5.32 Å². The number of carbonyl (C=O) groups excluding carboxylic acids is 1. The van der Waals surface area contributed by atoms with Crippen LogP contribution in [0.5, 0.6) is 0 Å². The quantitative estimate of drug-likeness (QED) is 0.835. The Morgan fingerprint density at radius 1 is 1.28 bits per heavy atom. The number of hydrogen-bond donors (Lipinski definition) is 2. The molecule has 0 saturated heterocycles. The Kier molecular flexibility index (Phi) is 3.08. The predicted octanol–water partition coefficient (Wildman–Crippen LogP) is 2.53. The van der Waals surface area contributed by atoms with Gasteiger partial charge < -0.3 is 10.6 Å². The third-order valence-corrected chi connectivity index (χ3v) is 3.84. The number of hydrogen-bond acceptors (Lipinski definition) is 2. The molecule has 3 rings (SSSR count). The minimum Gasteiger partial charge on any atom is -0.326 e. The first-order valence-electron chi connectivity index (χ1n) is 6.85. The van der Waals surface area contributed by atoms with E-state index in [-0.39, 0.29) is 11.8 Å². The third kappa shape index (κ3) is 2.91. The van der Waals surface area contributed by atoms with Gasteiger partial charge in [0.15, 0.2) is 0 Å². The highest BCUT2D eigenvalue weighted by Crippen LogP contribution is 2.38. The molecule has 2 aliphatic rings. The van der Waals surface area contributed by atoms with Gasteiger partial charge in [-0.3, -0.25) is 4.79 Å². The smallest absolute Gasteiger partial charge is 0.227 e. The van der Waals surface area contributed by atoms with E-state index in [4.69, 9.17) is 0 Å². The summed E-state index contributed by atoms with van der Waals surface area (Å²) in [5, 5.41) is 6.46. The van der Waals surface area contributed by atoms with Gasteiger partial charge in [0.05, 0.1) is 0 Å². The van der Waals surface area contributed by atoms with Crippen LogP contribution in [0.4, 0.5) is 5.69 Å². The van der Waals surface area contributed by atoms with Gasteiger partial charge in [-0.2, -0.15) is 0 Å². The molecule has 0 radical (unpaired) electrons. The molecular weight excluding hydrogens is 224 g/mol. The molecule has 0 bridgehead atoms. The van der Waals surface area contributed by atoms with E-state index in [2.05, 4.69) is 29.7 Å². The van der Waals surface area contributed by atoms with Gasteiger partial charge in [0.25, 0.3) is 0 Å². The van der Waals surface area contributed by atoms with Crippen LogP contribution >= 0.6 is 0 Å². The molecule has 0 aliphatic heterocycles. The summed E-state index contributed by atoms with van der Waals surface area (Å²) in [6.07, 6.45) is 3.66. The lowest BCUT2D eigenvalue weighted by Crippen LogP contribution is -2.16. The maximum atomic E-state index is 11.8. The predicted molar refractivity (Wildman–Crippen MR) is 72.2 cm³/mol. The van der Waals surface area contributed by atoms with E-state index >= 15 is 0 Å². The van der Waals surface area contributed by atoms with E-state index in [0.29, 0.717) is 5.92 Å². The molecule has 2 atom stereocenters. The van der Waals surface area contributed by atoms with Gasteiger partial charge >= 0.3 is 0 Å². The standard InChI is InChI=1S/C15H20N2O/c1-10-8-14(10)15(18)17-13-4-2-11(3-5-13)9-16-12-6-7-12/h2-5,10,12,14,16H,6-9H2,1H3,(H,17,18). The van der Waals surface area contributed by atoms with Crippen molar-refractivity contribution in [1.82, 2.24) is 5.32 Å². The SMILES string of the molecule is CC1CC1C(=O)Nc1ccc(CNC2CC2)cc1. The van der Waals surface area contributed by atoms with Gasteiger partial charge in [-0.1, -0.05) is 19.1 Å². The minimum absolute atomic E-state index is 0.173. The van der Waals surface area contributed by atoms with Crippen molar-refractivity contribution in [3.8, 4) is 0 Å². The van der Waals surface area contributed by atoms with E-state index in [0.717, 1.165) is 24.7 Å². The zero-order valence-corrected chi connectivity index (χ0v) is 10.8. The maximum Gasteiger partial charge on any atom is 0.227 e. The number of amides is 1. The number of benzene rings is 1. The Morgan fingerprint density at radius 2 is 1.94 bits per heavy atom. The lowest BCUT2D eigenvalue weighted by Gasteiger charge is -2.07. The second-order valence-electron chi connectivity index (χ2n) is 5.66. The van der Waals surface area contributed by atoms with E-state index in [1.54, 1.807) is 0 Å². The topological polar surface area (TPSA) is 41.1 Å². The molecule has 2 aliphatic carbocycles. The molecule has 3 heteroatoms. The van der Waals surface area contributed by atoms with Crippen molar-refractivity contribution < 1.29 is 4.79 Å². The van der Waals surface area contributed by atoms with Crippen molar-refractivity contribution in [3.05, 3.63) is 29.8 Å². The molecule has 0 heterocycles. The Hall–Kier alpha value is -1.35. The van der Waals surface area contributed by atoms with Gasteiger partial charge in [-0.25, -0.2) is 0 Å². The van der Waals surface area contributed by atoms with Crippen molar-refractivity contribution >= 4 is 11.6 Å². The van der Waals surface area contributed by atoms with Crippen molar-refractivity contribution in [2.24, 2.45) is 11.8 Å². The van der Waals surface area contributed by atoms with Gasteiger partial charge in [0.1, 0.15) is 0 Å². The summed E-state index contributed by atoms with van der Waals surface area (Å²) in [6, 6.07) is 8.90. The molecule has 2 saturated carbocycles. The Labute approximate surface area is 108 Å². The second kappa shape index (κ2) is 4.73. The molecule has 2 fully saturated rings. The summed E-state index contributed by atoms with van der Waals surface area (Å²) in [7, 11) is 0. The summed E-state index contributed by atoms with van der Waals surface area (Å²) in [5.74, 6) is 0.972. The molecule has 1 aromatic rings. The lowest BCUT2D eigenvalue weighted by molar-refractivity contribution is -0.117.